The molecule has 2 heterocycles. The average molecular weight is 280 g/mol. The molecule has 0 aromatic rings. The molecule has 20 heavy (non-hydrogen) atoms. The second-order valence-corrected chi connectivity index (χ2v) is 6.50. The highest BCUT2D eigenvalue weighted by Gasteiger charge is 2.42. The van der Waals surface area contributed by atoms with E-state index in [1.54, 1.807) is 7.05 Å². The second kappa shape index (κ2) is 5.45. The second-order valence-electron chi connectivity index (χ2n) is 6.50. The van der Waals surface area contributed by atoms with E-state index in [2.05, 4.69) is 5.32 Å². The molecule has 1 aliphatic carbocycles. The van der Waals surface area contributed by atoms with Crippen molar-refractivity contribution in [2.75, 3.05) is 13.7 Å². The largest absolute Gasteiger partial charge is 0.375 e. The quantitative estimate of drug-likeness (QED) is 0.773. The number of likely N-dealkylation sites (tertiary alicyclic amines) is 1. The third-order valence-corrected chi connectivity index (χ3v) is 5.08. The first-order chi connectivity index (χ1) is 9.60. The molecule has 2 amide bonds. The van der Waals surface area contributed by atoms with Crippen molar-refractivity contribution in [2.24, 2.45) is 0 Å². The number of nitrogens with one attached hydrogen (secondary N) is 1. The summed E-state index contributed by atoms with van der Waals surface area (Å²) in [5.74, 6) is -0.161. The predicted octanol–water partition coefficient (Wildman–Crippen LogP) is 1.22. The Balaban J connectivity index is 1.60. The average Bonchev–Trinajstić information content (AvgIpc) is 2.67. The van der Waals surface area contributed by atoms with Crippen molar-refractivity contribution >= 4 is 11.8 Å². The SMILES string of the molecule is CN1C(=O)CC(NC2CCOC3(CCCCC3)C2)C1=O. The summed E-state index contributed by atoms with van der Waals surface area (Å²) in [6.45, 7) is 0.766. The summed E-state index contributed by atoms with van der Waals surface area (Å²) >= 11 is 0. The molecule has 0 radical (unpaired) electrons. The van der Waals surface area contributed by atoms with E-state index in [4.69, 9.17) is 4.74 Å². The molecule has 2 atom stereocenters. The molecule has 2 saturated heterocycles. The van der Waals surface area contributed by atoms with Crippen LogP contribution in [0.5, 0.6) is 0 Å². The molecule has 112 valence electrons. The van der Waals surface area contributed by atoms with Gasteiger partial charge in [0.2, 0.25) is 11.8 Å². The minimum absolute atomic E-state index is 0.0335. The highest BCUT2D eigenvalue weighted by molar-refractivity contribution is 6.05. The van der Waals surface area contributed by atoms with Crippen LogP contribution < -0.4 is 5.32 Å². The zero-order valence-electron chi connectivity index (χ0n) is 12.2. The monoisotopic (exact) mass is 280 g/mol. The van der Waals surface area contributed by atoms with Crippen molar-refractivity contribution in [1.29, 1.82) is 0 Å². The third-order valence-electron chi connectivity index (χ3n) is 5.08. The number of imide groups is 1. The van der Waals surface area contributed by atoms with Gasteiger partial charge in [0.1, 0.15) is 0 Å². The van der Waals surface area contributed by atoms with E-state index >= 15 is 0 Å². The van der Waals surface area contributed by atoms with Crippen LogP contribution in [0.3, 0.4) is 0 Å². The number of nitrogens with zero attached hydrogens (tertiary/aromatic N) is 1. The van der Waals surface area contributed by atoms with Crippen LogP contribution in [0.2, 0.25) is 0 Å². The van der Waals surface area contributed by atoms with Gasteiger partial charge in [0.25, 0.3) is 0 Å². The lowest BCUT2D eigenvalue weighted by Gasteiger charge is -2.44. The van der Waals surface area contributed by atoms with Crippen molar-refractivity contribution in [3.05, 3.63) is 0 Å². The highest BCUT2D eigenvalue weighted by Crippen LogP contribution is 2.38. The number of hydrogen-bond acceptors (Lipinski definition) is 4. The summed E-state index contributed by atoms with van der Waals surface area (Å²) in [5.41, 5.74) is 0.0335. The van der Waals surface area contributed by atoms with Crippen LogP contribution in [0.25, 0.3) is 0 Å². The van der Waals surface area contributed by atoms with E-state index < -0.39 is 0 Å². The molecule has 0 aromatic heterocycles. The Bertz CT molecular complexity index is 398. The number of hydrogen-bond donors (Lipinski definition) is 1. The van der Waals surface area contributed by atoms with Gasteiger partial charge in [-0.1, -0.05) is 19.3 Å². The van der Waals surface area contributed by atoms with E-state index in [1.165, 1.54) is 24.2 Å². The molecule has 2 unspecified atom stereocenters. The Morgan fingerprint density at radius 2 is 2.00 bits per heavy atom. The molecule has 0 aromatic carbocycles. The molecule has 3 rings (SSSR count). The first-order valence-corrected chi connectivity index (χ1v) is 7.80. The summed E-state index contributed by atoms with van der Waals surface area (Å²) in [4.78, 5) is 24.8. The molecular weight excluding hydrogens is 256 g/mol. The topological polar surface area (TPSA) is 58.6 Å². The van der Waals surface area contributed by atoms with E-state index in [-0.39, 0.29) is 23.5 Å². The Labute approximate surface area is 120 Å². The Morgan fingerprint density at radius 3 is 2.65 bits per heavy atom. The zero-order valence-corrected chi connectivity index (χ0v) is 12.2. The van der Waals surface area contributed by atoms with Gasteiger partial charge in [-0.25, -0.2) is 0 Å². The van der Waals surface area contributed by atoms with Crippen LogP contribution in [-0.4, -0.2) is 48.1 Å². The first-order valence-electron chi connectivity index (χ1n) is 7.80. The number of likely N-dealkylation sites (N-methyl/N-ethyl adjacent to an activating group) is 1. The van der Waals surface area contributed by atoms with Crippen molar-refractivity contribution < 1.29 is 14.3 Å². The number of ether oxygens (including phenoxy) is 1. The van der Waals surface area contributed by atoms with Gasteiger partial charge in [-0.3, -0.25) is 14.5 Å². The van der Waals surface area contributed by atoms with Gasteiger partial charge in [0.15, 0.2) is 0 Å². The predicted molar refractivity (Wildman–Crippen MR) is 74.1 cm³/mol. The normalized spacial score (nSPS) is 34.0. The zero-order chi connectivity index (χ0) is 14.2. The molecule has 0 bridgehead atoms. The third kappa shape index (κ3) is 2.61. The molecule has 1 spiro atoms. The summed E-state index contributed by atoms with van der Waals surface area (Å²) in [7, 11) is 1.57. The fraction of sp³-hybridized carbons (Fsp3) is 0.867. The van der Waals surface area contributed by atoms with Gasteiger partial charge in [-0.15, -0.1) is 0 Å². The number of carbonyl (C=O) groups is 2. The lowest BCUT2D eigenvalue weighted by Crippen LogP contribution is -2.51. The Kier molecular flexibility index (Phi) is 3.82. The van der Waals surface area contributed by atoms with Crippen molar-refractivity contribution in [3.8, 4) is 0 Å². The Hall–Kier alpha value is -0.940. The maximum absolute atomic E-state index is 12.0. The fourth-order valence-electron chi connectivity index (χ4n) is 3.88. The van der Waals surface area contributed by atoms with Crippen molar-refractivity contribution in [3.63, 3.8) is 0 Å². The number of amides is 2. The van der Waals surface area contributed by atoms with Crippen LogP contribution in [0.15, 0.2) is 0 Å². The van der Waals surface area contributed by atoms with Gasteiger partial charge in [0, 0.05) is 19.7 Å². The lowest BCUT2D eigenvalue weighted by atomic mass is 9.78. The molecule has 3 aliphatic rings. The minimum Gasteiger partial charge on any atom is -0.375 e. The molecular formula is C15H24N2O3. The van der Waals surface area contributed by atoms with Crippen molar-refractivity contribution in [1.82, 2.24) is 10.2 Å². The molecule has 1 saturated carbocycles. The van der Waals surface area contributed by atoms with E-state index in [0.29, 0.717) is 12.5 Å². The number of carbonyl (C=O) groups excluding carboxylic acids is 2. The standard InChI is InChI=1S/C15H24N2O3/c1-17-13(18)9-12(14(17)19)16-11-5-8-20-15(10-11)6-3-2-4-7-15/h11-12,16H,2-10H2,1H3. The van der Waals surface area contributed by atoms with Crippen LogP contribution >= 0.6 is 0 Å². The molecule has 3 fully saturated rings. The van der Waals surface area contributed by atoms with Gasteiger partial charge in [-0.05, 0) is 25.7 Å². The maximum atomic E-state index is 12.0. The molecule has 1 N–H and O–H groups in total. The summed E-state index contributed by atoms with van der Waals surface area (Å²) in [6.07, 6.45) is 8.30. The van der Waals surface area contributed by atoms with Crippen LogP contribution in [-0.2, 0) is 14.3 Å². The van der Waals surface area contributed by atoms with Crippen LogP contribution in [0, 0.1) is 0 Å². The van der Waals surface area contributed by atoms with Gasteiger partial charge in [0.05, 0.1) is 18.1 Å². The summed E-state index contributed by atoms with van der Waals surface area (Å²) in [6, 6.07) is -0.0219. The highest BCUT2D eigenvalue weighted by atomic mass is 16.5. The molecule has 2 aliphatic heterocycles. The Morgan fingerprint density at radius 1 is 1.25 bits per heavy atom. The van der Waals surface area contributed by atoms with Crippen molar-refractivity contribution in [2.45, 2.75) is 69.1 Å². The van der Waals surface area contributed by atoms with Gasteiger partial charge >= 0.3 is 0 Å². The number of rotatable bonds is 2. The van der Waals surface area contributed by atoms with Gasteiger partial charge < -0.3 is 10.1 Å². The fourth-order valence-corrected chi connectivity index (χ4v) is 3.88. The molecule has 5 heteroatoms. The van der Waals surface area contributed by atoms with E-state index in [9.17, 15) is 9.59 Å². The maximum Gasteiger partial charge on any atom is 0.246 e. The lowest BCUT2D eigenvalue weighted by molar-refractivity contribution is -0.137. The van der Waals surface area contributed by atoms with Crippen LogP contribution in [0.1, 0.15) is 51.4 Å². The minimum atomic E-state index is -0.323. The summed E-state index contributed by atoms with van der Waals surface area (Å²) < 4.78 is 6.07. The van der Waals surface area contributed by atoms with E-state index in [1.807, 2.05) is 0 Å². The molecule has 5 nitrogen and oxygen atoms in total. The van der Waals surface area contributed by atoms with Crippen LogP contribution in [0.4, 0.5) is 0 Å². The smallest absolute Gasteiger partial charge is 0.246 e. The van der Waals surface area contributed by atoms with Gasteiger partial charge in [-0.2, -0.15) is 0 Å². The van der Waals surface area contributed by atoms with E-state index in [0.717, 1.165) is 32.3 Å². The first kappa shape index (κ1) is 14.0. The summed E-state index contributed by atoms with van der Waals surface area (Å²) in [5, 5.41) is 3.41.